The van der Waals surface area contributed by atoms with Crippen molar-refractivity contribution in [3.63, 3.8) is 0 Å². The number of guanidine groups is 1. The summed E-state index contributed by atoms with van der Waals surface area (Å²) in [6, 6.07) is 12.0. The smallest absolute Gasteiger partial charge is 0.222 e. The molecule has 3 rings (SSSR count). The van der Waals surface area contributed by atoms with Crippen LogP contribution in [0.2, 0.25) is 0 Å². The first kappa shape index (κ1) is 23.6. The average molecular weight is 428 g/mol. The van der Waals surface area contributed by atoms with E-state index in [4.69, 9.17) is 0 Å². The number of piperidine rings is 1. The lowest BCUT2D eigenvalue weighted by atomic mass is 9.95. The van der Waals surface area contributed by atoms with E-state index in [0.29, 0.717) is 31.1 Å². The Hall–Kier alpha value is -2.08. The van der Waals surface area contributed by atoms with E-state index in [1.807, 2.05) is 0 Å². The Labute approximate surface area is 188 Å². The zero-order valence-electron chi connectivity index (χ0n) is 19.4. The van der Waals surface area contributed by atoms with Crippen molar-refractivity contribution in [3.8, 4) is 0 Å². The van der Waals surface area contributed by atoms with Crippen LogP contribution in [0.15, 0.2) is 35.3 Å². The van der Waals surface area contributed by atoms with Gasteiger partial charge >= 0.3 is 0 Å². The molecule has 1 aromatic carbocycles. The first-order valence-corrected chi connectivity index (χ1v) is 12.3. The van der Waals surface area contributed by atoms with Gasteiger partial charge in [0.1, 0.15) is 0 Å². The molecule has 0 bridgehead atoms. The van der Waals surface area contributed by atoms with Crippen LogP contribution in [0.1, 0.15) is 70.8 Å². The average Bonchev–Trinajstić information content (AvgIpc) is 2.77. The summed E-state index contributed by atoms with van der Waals surface area (Å²) in [4.78, 5) is 19.5. The van der Waals surface area contributed by atoms with Gasteiger partial charge < -0.3 is 16.0 Å². The summed E-state index contributed by atoms with van der Waals surface area (Å²) in [7, 11) is 0. The molecule has 6 nitrogen and oxygen atoms in total. The van der Waals surface area contributed by atoms with E-state index in [1.165, 1.54) is 24.8 Å². The molecular weight excluding hydrogens is 386 g/mol. The minimum absolute atomic E-state index is 0.134. The molecule has 2 atom stereocenters. The maximum absolute atomic E-state index is 12.2. The van der Waals surface area contributed by atoms with Crippen LogP contribution in [0.3, 0.4) is 0 Å². The van der Waals surface area contributed by atoms with E-state index in [0.717, 1.165) is 51.3 Å². The normalized spacial score (nSPS) is 23.4. The van der Waals surface area contributed by atoms with Gasteiger partial charge in [-0.1, -0.05) is 49.6 Å². The summed E-state index contributed by atoms with van der Waals surface area (Å²) < 4.78 is 0. The molecule has 1 aliphatic carbocycles. The number of nitrogens with zero attached hydrogens (tertiary/aromatic N) is 2. The SMILES string of the molecule is CCNC(=NCCC(=O)NC1CCCCC1)NC1CCN(Cc2ccccc2)C(C)C1. The molecule has 0 spiro atoms. The Balaban J connectivity index is 1.42. The van der Waals surface area contributed by atoms with Crippen molar-refractivity contribution >= 4 is 11.9 Å². The highest BCUT2D eigenvalue weighted by molar-refractivity contribution is 5.81. The molecule has 172 valence electrons. The van der Waals surface area contributed by atoms with E-state index in [9.17, 15) is 4.79 Å². The number of hydrogen-bond donors (Lipinski definition) is 3. The van der Waals surface area contributed by atoms with Gasteiger partial charge in [0, 0.05) is 44.2 Å². The van der Waals surface area contributed by atoms with E-state index in [2.05, 4.69) is 70.0 Å². The van der Waals surface area contributed by atoms with Crippen LogP contribution in [0.4, 0.5) is 0 Å². The fourth-order valence-corrected chi connectivity index (χ4v) is 4.73. The second-order valence-corrected chi connectivity index (χ2v) is 9.08. The lowest BCUT2D eigenvalue weighted by Crippen LogP contribution is -2.51. The fraction of sp³-hybridized carbons (Fsp3) is 0.680. The number of hydrogen-bond acceptors (Lipinski definition) is 3. The summed E-state index contributed by atoms with van der Waals surface area (Å²) in [5.74, 6) is 0.969. The first-order valence-electron chi connectivity index (χ1n) is 12.3. The zero-order valence-corrected chi connectivity index (χ0v) is 19.4. The molecule has 2 fully saturated rings. The van der Waals surface area contributed by atoms with Crippen LogP contribution >= 0.6 is 0 Å². The number of carbonyl (C=O) groups excluding carboxylic acids is 1. The third-order valence-corrected chi connectivity index (χ3v) is 6.51. The van der Waals surface area contributed by atoms with Crippen LogP contribution in [-0.4, -0.2) is 54.5 Å². The highest BCUT2D eigenvalue weighted by Gasteiger charge is 2.26. The predicted octanol–water partition coefficient (Wildman–Crippen LogP) is 3.43. The van der Waals surface area contributed by atoms with Gasteiger partial charge in [-0.2, -0.15) is 0 Å². The molecule has 1 aliphatic heterocycles. The number of benzene rings is 1. The fourth-order valence-electron chi connectivity index (χ4n) is 4.73. The quantitative estimate of drug-likeness (QED) is 0.439. The second kappa shape index (κ2) is 12.7. The van der Waals surface area contributed by atoms with Crippen LogP contribution in [-0.2, 0) is 11.3 Å². The highest BCUT2D eigenvalue weighted by Crippen LogP contribution is 2.20. The van der Waals surface area contributed by atoms with Gasteiger partial charge in [-0.05, 0) is 45.1 Å². The number of nitrogens with one attached hydrogen (secondary N) is 3. The van der Waals surface area contributed by atoms with Crippen molar-refractivity contribution in [2.75, 3.05) is 19.6 Å². The van der Waals surface area contributed by atoms with Gasteiger partial charge in [-0.15, -0.1) is 0 Å². The third kappa shape index (κ3) is 8.17. The number of aliphatic imine (C=N–C) groups is 1. The van der Waals surface area contributed by atoms with Crippen LogP contribution in [0.5, 0.6) is 0 Å². The molecule has 2 unspecified atom stereocenters. The van der Waals surface area contributed by atoms with E-state index in [-0.39, 0.29) is 5.91 Å². The molecule has 0 aromatic heterocycles. The Bertz CT molecular complexity index is 686. The standard InChI is InChI=1S/C25H41N5O/c1-3-26-25(27-16-14-24(31)28-22-12-8-5-9-13-22)29-23-15-17-30(20(2)18-23)19-21-10-6-4-7-11-21/h4,6-7,10-11,20,22-23H,3,5,8-9,12-19H2,1-2H3,(H,28,31)(H2,26,27,29). The Morgan fingerprint density at radius 3 is 2.55 bits per heavy atom. The molecule has 1 amide bonds. The summed E-state index contributed by atoms with van der Waals surface area (Å²) in [6.45, 7) is 7.84. The Kier molecular flexibility index (Phi) is 9.66. The monoisotopic (exact) mass is 427 g/mol. The zero-order chi connectivity index (χ0) is 21.9. The number of rotatable bonds is 8. The van der Waals surface area contributed by atoms with E-state index in [1.54, 1.807) is 0 Å². The van der Waals surface area contributed by atoms with E-state index >= 15 is 0 Å². The predicted molar refractivity (Wildman–Crippen MR) is 128 cm³/mol. The molecular formula is C25H41N5O. The lowest BCUT2D eigenvalue weighted by Gasteiger charge is -2.38. The lowest BCUT2D eigenvalue weighted by molar-refractivity contribution is -0.121. The topological polar surface area (TPSA) is 68.8 Å². The summed E-state index contributed by atoms with van der Waals surface area (Å²) in [5, 5.41) is 10.1. The summed E-state index contributed by atoms with van der Waals surface area (Å²) >= 11 is 0. The first-order chi connectivity index (χ1) is 15.1. The van der Waals surface area contributed by atoms with Gasteiger partial charge in [0.15, 0.2) is 5.96 Å². The largest absolute Gasteiger partial charge is 0.357 e. The van der Waals surface area contributed by atoms with Gasteiger partial charge in [-0.3, -0.25) is 14.7 Å². The third-order valence-electron chi connectivity index (χ3n) is 6.51. The Morgan fingerprint density at radius 1 is 1.06 bits per heavy atom. The minimum atomic E-state index is 0.134. The van der Waals surface area contributed by atoms with Crippen LogP contribution in [0.25, 0.3) is 0 Å². The molecule has 6 heteroatoms. The number of likely N-dealkylation sites (tertiary alicyclic amines) is 1. The van der Waals surface area contributed by atoms with E-state index < -0.39 is 0 Å². The maximum Gasteiger partial charge on any atom is 0.222 e. The van der Waals surface area contributed by atoms with Crippen molar-refractivity contribution in [2.24, 2.45) is 4.99 Å². The minimum Gasteiger partial charge on any atom is -0.357 e. The molecule has 31 heavy (non-hydrogen) atoms. The van der Waals surface area contributed by atoms with Gasteiger partial charge in [0.2, 0.25) is 5.91 Å². The van der Waals surface area contributed by atoms with Crippen LogP contribution < -0.4 is 16.0 Å². The van der Waals surface area contributed by atoms with Crippen molar-refractivity contribution in [2.45, 2.75) is 89.9 Å². The van der Waals surface area contributed by atoms with Crippen molar-refractivity contribution in [3.05, 3.63) is 35.9 Å². The highest BCUT2D eigenvalue weighted by atomic mass is 16.1. The molecule has 1 heterocycles. The van der Waals surface area contributed by atoms with Crippen molar-refractivity contribution in [1.29, 1.82) is 0 Å². The Morgan fingerprint density at radius 2 is 1.84 bits per heavy atom. The number of amides is 1. The maximum atomic E-state index is 12.2. The molecule has 1 saturated carbocycles. The molecule has 0 radical (unpaired) electrons. The molecule has 3 N–H and O–H groups in total. The summed E-state index contributed by atoms with van der Waals surface area (Å²) in [6.07, 6.45) is 8.68. The molecule has 1 saturated heterocycles. The van der Waals surface area contributed by atoms with Crippen molar-refractivity contribution in [1.82, 2.24) is 20.9 Å². The van der Waals surface area contributed by atoms with Gasteiger partial charge in [-0.25, -0.2) is 0 Å². The van der Waals surface area contributed by atoms with Gasteiger partial charge in [0.25, 0.3) is 0 Å². The molecule has 2 aliphatic rings. The van der Waals surface area contributed by atoms with Crippen LogP contribution in [0, 0.1) is 0 Å². The number of carbonyl (C=O) groups is 1. The van der Waals surface area contributed by atoms with Crippen molar-refractivity contribution < 1.29 is 4.79 Å². The second-order valence-electron chi connectivity index (χ2n) is 9.08. The summed E-state index contributed by atoms with van der Waals surface area (Å²) in [5.41, 5.74) is 1.38. The van der Waals surface area contributed by atoms with Gasteiger partial charge in [0.05, 0.1) is 6.54 Å². The molecule has 1 aromatic rings.